The van der Waals surface area contributed by atoms with Gasteiger partial charge in [-0.25, -0.2) is 0 Å². The van der Waals surface area contributed by atoms with Gasteiger partial charge in [-0.1, -0.05) is 43.3 Å². The summed E-state index contributed by atoms with van der Waals surface area (Å²) < 4.78 is 69.0. The number of hydrogen-bond donors (Lipinski definition) is 2. The Labute approximate surface area is 226 Å². The Balaban J connectivity index is 0.000000368. The predicted molar refractivity (Wildman–Crippen MR) is 138 cm³/mol. The molecule has 38 heavy (non-hydrogen) atoms. The molecule has 0 aliphatic heterocycles. The summed E-state index contributed by atoms with van der Waals surface area (Å²) in [6.07, 6.45) is 7.18. The van der Waals surface area contributed by atoms with Crippen LogP contribution in [0.3, 0.4) is 0 Å². The van der Waals surface area contributed by atoms with Crippen molar-refractivity contribution >= 4 is 28.7 Å². The van der Waals surface area contributed by atoms with E-state index >= 15 is 0 Å². The first-order valence-corrected chi connectivity index (χ1v) is 14.4. The molecule has 4 aliphatic rings. The van der Waals surface area contributed by atoms with Crippen molar-refractivity contribution < 1.29 is 40.4 Å². The minimum Gasteiger partial charge on any atom is -0.457 e. The van der Waals surface area contributed by atoms with Gasteiger partial charge in [0.25, 0.3) is 0 Å². The lowest BCUT2D eigenvalue weighted by molar-refractivity contribution is -0.163. The molecule has 208 valence electrons. The quantitative estimate of drug-likeness (QED) is 0.131. The number of thiol groups is 1. The highest BCUT2D eigenvalue weighted by atomic mass is 32.2. The second-order valence-electron chi connectivity index (χ2n) is 10.7. The highest BCUT2D eigenvalue weighted by Crippen LogP contribution is 2.63. The Morgan fingerprint density at radius 3 is 2.00 bits per heavy atom. The first-order chi connectivity index (χ1) is 17.8. The van der Waals surface area contributed by atoms with E-state index in [9.17, 15) is 18.0 Å². The van der Waals surface area contributed by atoms with E-state index in [2.05, 4.69) is 19.6 Å². The molecule has 11 heteroatoms. The van der Waals surface area contributed by atoms with Crippen molar-refractivity contribution in [3.05, 3.63) is 48.5 Å². The number of halogens is 3. The zero-order chi connectivity index (χ0) is 27.7. The molecule has 4 bridgehead atoms. The molecule has 0 aromatic heterocycles. The first kappa shape index (κ1) is 28.8. The molecule has 0 saturated heterocycles. The second kappa shape index (κ2) is 11.1. The summed E-state index contributed by atoms with van der Waals surface area (Å²) >= 11 is 4.56. The number of alkyl halides is 3. The Morgan fingerprint density at radius 1 is 0.974 bits per heavy atom. The lowest BCUT2D eigenvalue weighted by atomic mass is 9.45. The first-order valence-electron chi connectivity index (χ1n) is 12.5. The van der Waals surface area contributed by atoms with Crippen LogP contribution in [0.25, 0.3) is 11.1 Å². The van der Waals surface area contributed by atoms with Crippen LogP contribution in [-0.4, -0.2) is 31.2 Å². The molecular weight excluding hydrogens is 541 g/mol. The standard InChI is InChI=1S/C26H30O3S.CHF3O3S/c1-26(19-11-17-10-18(13-19)14-20(26)12-17)15-25(27)29-16-28-23-8-4-2-6-21(23)22-7-3-5-9-24(22)30;2-1(3,4)8(5,6)7/h2-9,17-20,30H,10-16H2,1H3;(H,5,6,7). The van der Waals surface area contributed by atoms with Crippen molar-refractivity contribution in [2.24, 2.45) is 29.1 Å². The monoisotopic (exact) mass is 572 g/mol. The number of para-hydroxylation sites is 1. The Morgan fingerprint density at radius 2 is 1.47 bits per heavy atom. The third-order valence-electron chi connectivity index (χ3n) is 8.34. The van der Waals surface area contributed by atoms with Gasteiger partial charge in [-0.05, 0) is 78.9 Å². The van der Waals surface area contributed by atoms with E-state index in [1.165, 1.54) is 32.1 Å². The number of hydrogen-bond acceptors (Lipinski definition) is 6. The van der Waals surface area contributed by atoms with E-state index in [4.69, 9.17) is 22.4 Å². The van der Waals surface area contributed by atoms with E-state index in [-0.39, 0.29) is 18.2 Å². The van der Waals surface area contributed by atoms with E-state index < -0.39 is 15.6 Å². The van der Waals surface area contributed by atoms with E-state index in [0.29, 0.717) is 24.0 Å². The van der Waals surface area contributed by atoms with Gasteiger partial charge in [0, 0.05) is 10.5 Å². The van der Waals surface area contributed by atoms with Gasteiger partial charge >= 0.3 is 21.6 Å². The maximum absolute atomic E-state index is 12.7. The molecule has 0 atom stereocenters. The molecule has 4 aliphatic carbocycles. The minimum atomic E-state index is -5.84. The van der Waals surface area contributed by atoms with Gasteiger partial charge in [0.1, 0.15) is 5.75 Å². The van der Waals surface area contributed by atoms with Gasteiger partial charge in [-0.2, -0.15) is 21.6 Å². The van der Waals surface area contributed by atoms with Crippen LogP contribution in [0, 0.1) is 29.1 Å². The fourth-order valence-electron chi connectivity index (χ4n) is 6.59. The Hall–Kier alpha value is -2.24. The number of carbonyl (C=O) groups is 1. The summed E-state index contributed by atoms with van der Waals surface area (Å²) in [4.78, 5) is 13.6. The summed E-state index contributed by atoms with van der Waals surface area (Å²) in [5.41, 5.74) is -3.48. The number of rotatable bonds is 6. The van der Waals surface area contributed by atoms with Crippen LogP contribution in [0.1, 0.15) is 45.4 Å². The largest absolute Gasteiger partial charge is 0.522 e. The van der Waals surface area contributed by atoms with Gasteiger partial charge in [0.05, 0.1) is 6.42 Å². The molecule has 1 N–H and O–H groups in total. The average Bonchev–Trinajstić information content (AvgIpc) is 2.82. The fraction of sp³-hybridized carbons (Fsp3) is 0.519. The second-order valence-corrected chi connectivity index (χ2v) is 12.6. The summed E-state index contributed by atoms with van der Waals surface area (Å²) in [6.45, 7) is 2.28. The maximum Gasteiger partial charge on any atom is 0.522 e. The third kappa shape index (κ3) is 6.31. The number of benzene rings is 2. The maximum atomic E-state index is 12.7. The molecule has 6 rings (SSSR count). The molecule has 0 heterocycles. The van der Waals surface area contributed by atoms with Crippen LogP contribution in [0.4, 0.5) is 13.2 Å². The van der Waals surface area contributed by atoms with E-state index in [1.54, 1.807) is 0 Å². The normalized spacial score (nSPS) is 27.8. The van der Waals surface area contributed by atoms with Gasteiger partial charge in [0.2, 0.25) is 6.79 Å². The number of ether oxygens (including phenoxy) is 2. The number of esters is 1. The van der Waals surface area contributed by atoms with Crippen molar-refractivity contribution in [1.29, 1.82) is 0 Å². The van der Waals surface area contributed by atoms with Gasteiger partial charge < -0.3 is 9.47 Å². The molecule has 0 unspecified atom stereocenters. The SMILES string of the molecule is CC1(CC(=O)OCOc2ccccc2-c2ccccc2S)C2CC3CC(C2)CC1C3.O=S(=O)(O)C(F)(F)F. The van der Waals surface area contributed by atoms with Crippen molar-refractivity contribution in [2.75, 3.05) is 6.79 Å². The molecule has 0 spiro atoms. The van der Waals surface area contributed by atoms with Crippen LogP contribution in [-0.2, 0) is 19.6 Å². The predicted octanol–water partition coefficient (Wildman–Crippen LogP) is 6.77. The Bertz CT molecular complexity index is 1230. The lowest BCUT2D eigenvalue weighted by Crippen LogP contribution is -2.52. The van der Waals surface area contributed by atoms with E-state index in [0.717, 1.165) is 27.9 Å². The smallest absolute Gasteiger partial charge is 0.457 e. The van der Waals surface area contributed by atoms with Crippen LogP contribution in [0.15, 0.2) is 53.4 Å². The zero-order valence-electron chi connectivity index (χ0n) is 20.9. The molecule has 0 radical (unpaired) electrons. The fourth-order valence-corrected chi connectivity index (χ4v) is 6.87. The van der Waals surface area contributed by atoms with Crippen molar-refractivity contribution in [2.45, 2.75) is 55.9 Å². The molecule has 4 fully saturated rings. The van der Waals surface area contributed by atoms with Crippen molar-refractivity contribution in [3.8, 4) is 16.9 Å². The van der Waals surface area contributed by atoms with E-state index in [1.807, 2.05) is 48.5 Å². The minimum absolute atomic E-state index is 0.0543. The molecule has 6 nitrogen and oxygen atoms in total. The van der Waals surface area contributed by atoms with Crippen LogP contribution < -0.4 is 4.74 Å². The summed E-state index contributed by atoms with van der Waals surface area (Å²) in [7, 11) is -5.84. The highest BCUT2D eigenvalue weighted by molar-refractivity contribution is 7.86. The molecule has 2 aromatic carbocycles. The topological polar surface area (TPSA) is 89.9 Å². The highest BCUT2D eigenvalue weighted by Gasteiger charge is 2.55. The summed E-state index contributed by atoms with van der Waals surface area (Å²) in [6, 6.07) is 15.7. The molecule has 0 amide bonds. The zero-order valence-corrected chi connectivity index (χ0v) is 22.6. The van der Waals surface area contributed by atoms with Crippen molar-refractivity contribution in [3.63, 3.8) is 0 Å². The summed E-state index contributed by atoms with van der Waals surface area (Å²) in [5, 5.41) is 0. The van der Waals surface area contributed by atoms with Crippen molar-refractivity contribution in [1.82, 2.24) is 0 Å². The Kier molecular flexibility index (Phi) is 8.40. The van der Waals surface area contributed by atoms with Crippen LogP contribution in [0.2, 0.25) is 0 Å². The third-order valence-corrected chi connectivity index (χ3v) is 9.31. The summed E-state index contributed by atoms with van der Waals surface area (Å²) in [5.74, 6) is 3.77. The lowest BCUT2D eigenvalue weighted by Gasteiger charge is -2.60. The molecule has 2 aromatic rings. The number of carbonyl (C=O) groups excluding carboxylic acids is 1. The van der Waals surface area contributed by atoms with Gasteiger partial charge in [0.15, 0.2) is 0 Å². The van der Waals surface area contributed by atoms with Crippen LogP contribution >= 0.6 is 12.6 Å². The molecular formula is C27H31F3O6S2. The van der Waals surface area contributed by atoms with Gasteiger partial charge in [-0.15, -0.1) is 12.6 Å². The van der Waals surface area contributed by atoms with Gasteiger partial charge in [-0.3, -0.25) is 9.35 Å². The molecule has 4 saturated carbocycles. The van der Waals surface area contributed by atoms with Crippen LogP contribution in [0.5, 0.6) is 5.75 Å². The average molecular weight is 573 g/mol.